The lowest BCUT2D eigenvalue weighted by molar-refractivity contribution is -0.138. The average molecular weight is 392 g/mol. The Balaban J connectivity index is 3.18. The van der Waals surface area contributed by atoms with Gasteiger partial charge in [0.05, 0.1) is 12.9 Å². The summed E-state index contributed by atoms with van der Waals surface area (Å²) in [5, 5.41) is 9.10. The molecule has 1 rings (SSSR count). The van der Waals surface area contributed by atoms with Crippen molar-refractivity contribution < 1.29 is 19.4 Å². The lowest BCUT2D eigenvalue weighted by Crippen LogP contribution is -2.17. The third-order valence-corrected chi connectivity index (χ3v) is 3.74. The van der Waals surface area contributed by atoms with E-state index >= 15 is 0 Å². The topological polar surface area (TPSA) is 63.6 Å². The van der Waals surface area contributed by atoms with Crippen molar-refractivity contribution in [1.82, 2.24) is 0 Å². The molecule has 6 heteroatoms. The number of esters is 1. The van der Waals surface area contributed by atoms with E-state index < -0.39 is 11.8 Å². The predicted molar refractivity (Wildman–Crippen MR) is 82.6 cm³/mol. The van der Waals surface area contributed by atoms with Crippen LogP contribution in [0.15, 0.2) is 34.9 Å². The van der Waals surface area contributed by atoms with E-state index in [-0.39, 0.29) is 12.2 Å². The normalized spacial score (nSPS) is 11.2. The van der Waals surface area contributed by atoms with Crippen LogP contribution in [0, 0.1) is 3.57 Å². The maximum atomic E-state index is 12.3. The van der Waals surface area contributed by atoms with Crippen LogP contribution in [0.2, 0.25) is 0 Å². The molecule has 0 unspecified atom stereocenters. The number of benzene rings is 1. The van der Waals surface area contributed by atoms with E-state index in [1.165, 1.54) is 11.8 Å². The molecule has 0 saturated heterocycles. The summed E-state index contributed by atoms with van der Waals surface area (Å²) in [5.74, 6) is -1.36. The molecule has 0 heterocycles. The molecule has 102 valence electrons. The minimum atomic E-state index is -0.819. The van der Waals surface area contributed by atoms with Crippen molar-refractivity contribution in [3.8, 4) is 0 Å². The second kappa shape index (κ2) is 7.54. The Bertz CT molecular complexity index is 525. The summed E-state index contributed by atoms with van der Waals surface area (Å²) in [6.45, 7) is 1.78. The third-order valence-electron chi connectivity index (χ3n) is 2.28. The molecule has 19 heavy (non-hydrogen) atoms. The molecule has 0 atom stereocenters. The summed E-state index contributed by atoms with van der Waals surface area (Å²) in [6, 6.07) is 5.35. The van der Waals surface area contributed by atoms with Gasteiger partial charge in [0.1, 0.15) is 5.57 Å². The van der Waals surface area contributed by atoms with Gasteiger partial charge in [-0.3, -0.25) is 4.79 Å². The molecule has 1 N–H and O–H groups in total. The number of Topliss-reactive ketones (excluding diaryl/α,β-unsaturated/α-hetero) is 1. The van der Waals surface area contributed by atoms with Crippen LogP contribution < -0.4 is 0 Å². The van der Waals surface area contributed by atoms with Gasteiger partial charge >= 0.3 is 5.97 Å². The number of thioether (sulfide) groups is 1. The Hall–Kier alpha value is -1.02. The van der Waals surface area contributed by atoms with Crippen LogP contribution >= 0.6 is 34.4 Å². The molecule has 0 saturated carbocycles. The molecule has 0 aliphatic carbocycles. The second-order valence-electron chi connectivity index (χ2n) is 3.44. The molecule has 1 aromatic rings. The molecule has 4 nitrogen and oxygen atoms in total. The Morgan fingerprint density at radius 2 is 2.16 bits per heavy atom. The van der Waals surface area contributed by atoms with E-state index in [2.05, 4.69) is 22.6 Å². The number of aliphatic hydroxyl groups is 1. The Kier molecular flexibility index (Phi) is 6.36. The van der Waals surface area contributed by atoms with E-state index in [0.29, 0.717) is 11.8 Å². The predicted octanol–water partition coefficient (Wildman–Crippen LogP) is 3.20. The van der Waals surface area contributed by atoms with Crippen molar-refractivity contribution in [3.05, 3.63) is 39.2 Å². The molecule has 0 fully saturated rings. The standard InChI is InChI=1S/C13H13IO4S/c1-3-18-13(17)10(7-15)12(16)9-6-8(14)4-5-11(9)19-2/h4-7,15H,3H2,1-2H3/b10-7+. The fourth-order valence-electron chi connectivity index (χ4n) is 1.42. The maximum Gasteiger partial charge on any atom is 0.345 e. The molecule has 0 amide bonds. The minimum absolute atomic E-state index is 0.144. The van der Waals surface area contributed by atoms with E-state index in [4.69, 9.17) is 9.84 Å². The molecule has 1 aromatic carbocycles. The van der Waals surface area contributed by atoms with E-state index in [1.807, 2.05) is 12.3 Å². The van der Waals surface area contributed by atoms with Crippen molar-refractivity contribution in [2.45, 2.75) is 11.8 Å². The first-order valence-electron chi connectivity index (χ1n) is 5.44. The number of hydrogen-bond acceptors (Lipinski definition) is 5. The molecular weight excluding hydrogens is 379 g/mol. The fraction of sp³-hybridized carbons (Fsp3) is 0.231. The molecule has 0 radical (unpaired) electrons. The Labute approximate surface area is 129 Å². The highest BCUT2D eigenvalue weighted by molar-refractivity contribution is 14.1. The second-order valence-corrected chi connectivity index (χ2v) is 5.53. The highest BCUT2D eigenvalue weighted by atomic mass is 127. The average Bonchev–Trinajstić information content (AvgIpc) is 2.39. The van der Waals surface area contributed by atoms with Crippen LogP contribution in [0.25, 0.3) is 0 Å². The number of halogens is 1. The first-order chi connectivity index (χ1) is 9.04. The van der Waals surface area contributed by atoms with Gasteiger partial charge in [-0.15, -0.1) is 11.8 Å². The van der Waals surface area contributed by atoms with Crippen molar-refractivity contribution in [1.29, 1.82) is 0 Å². The zero-order chi connectivity index (χ0) is 14.4. The van der Waals surface area contributed by atoms with Gasteiger partial charge in [0.15, 0.2) is 0 Å². The molecule has 0 aliphatic rings. The van der Waals surface area contributed by atoms with Crippen molar-refractivity contribution in [2.75, 3.05) is 12.9 Å². The number of hydrogen-bond donors (Lipinski definition) is 1. The zero-order valence-electron chi connectivity index (χ0n) is 10.5. The number of carbonyl (C=O) groups excluding carboxylic acids is 2. The monoisotopic (exact) mass is 392 g/mol. The van der Waals surface area contributed by atoms with Gasteiger partial charge in [-0.2, -0.15) is 0 Å². The number of ketones is 1. The van der Waals surface area contributed by atoms with Crippen LogP contribution in [0.1, 0.15) is 17.3 Å². The molecule has 0 bridgehead atoms. The van der Waals surface area contributed by atoms with Crippen molar-refractivity contribution in [3.63, 3.8) is 0 Å². The van der Waals surface area contributed by atoms with E-state index in [1.54, 1.807) is 19.1 Å². The highest BCUT2D eigenvalue weighted by Gasteiger charge is 2.23. The quantitative estimate of drug-likeness (QED) is 0.122. The van der Waals surface area contributed by atoms with Gasteiger partial charge in [-0.25, -0.2) is 4.79 Å². The third kappa shape index (κ3) is 3.97. The SMILES string of the molecule is CCOC(=O)/C(=C/O)C(=O)c1cc(I)ccc1SC. The van der Waals surface area contributed by atoms with E-state index in [9.17, 15) is 9.59 Å². The summed E-state index contributed by atoms with van der Waals surface area (Å²) in [4.78, 5) is 24.6. The van der Waals surface area contributed by atoms with Crippen molar-refractivity contribution in [2.24, 2.45) is 0 Å². The first kappa shape index (κ1) is 16.0. The molecule has 0 aromatic heterocycles. The highest BCUT2D eigenvalue weighted by Crippen LogP contribution is 2.25. The number of carbonyl (C=O) groups is 2. The molecular formula is C13H13IO4S. The number of aliphatic hydroxyl groups excluding tert-OH is 1. The minimum Gasteiger partial charge on any atom is -0.515 e. The first-order valence-corrected chi connectivity index (χ1v) is 7.75. The van der Waals surface area contributed by atoms with Crippen molar-refractivity contribution >= 4 is 46.1 Å². The molecule has 0 spiro atoms. The van der Waals surface area contributed by atoms with Crippen LogP contribution in [0.5, 0.6) is 0 Å². The lowest BCUT2D eigenvalue weighted by Gasteiger charge is -2.09. The van der Waals surface area contributed by atoms with Gasteiger partial charge < -0.3 is 9.84 Å². The fourth-order valence-corrected chi connectivity index (χ4v) is 2.48. The largest absolute Gasteiger partial charge is 0.515 e. The number of ether oxygens (including phenoxy) is 1. The van der Waals surface area contributed by atoms with Gasteiger partial charge in [0, 0.05) is 14.0 Å². The summed E-state index contributed by atoms with van der Waals surface area (Å²) in [6.07, 6.45) is 2.34. The van der Waals surface area contributed by atoms with Crippen LogP contribution in [-0.4, -0.2) is 29.7 Å². The van der Waals surface area contributed by atoms with Crippen LogP contribution in [-0.2, 0) is 9.53 Å². The Morgan fingerprint density at radius 1 is 1.47 bits per heavy atom. The van der Waals surface area contributed by atoms with Crippen LogP contribution in [0.3, 0.4) is 0 Å². The summed E-state index contributed by atoms with van der Waals surface area (Å²) < 4.78 is 5.62. The van der Waals surface area contributed by atoms with E-state index in [0.717, 1.165) is 8.47 Å². The van der Waals surface area contributed by atoms with Gasteiger partial charge in [0.2, 0.25) is 5.78 Å². The van der Waals surface area contributed by atoms with Gasteiger partial charge in [-0.05, 0) is 54.0 Å². The number of rotatable bonds is 5. The van der Waals surface area contributed by atoms with Gasteiger partial charge in [0.25, 0.3) is 0 Å². The lowest BCUT2D eigenvalue weighted by atomic mass is 10.0. The van der Waals surface area contributed by atoms with Crippen LogP contribution in [0.4, 0.5) is 0 Å². The Morgan fingerprint density at radius 3 is 2.68 bits per heavy atom. The maximum absolute atomic E-state index is 12.3. The summed E-state index contributed by atoms with van der Waals surface area (Å²) >= 11 is 3.48. The summed E-state index contributed by atoms with van der Waals surface area (Å²) in [5.41, 5.74) is 0.0203. The summed E-state index contributed by atoms with van der Waals surface area (Å²) in [7, 11) is 0. The smallest absolute Gasteiger partial charge is 0.345 e. The molecule has 0 aliphatic heterocycles. The van der Waals surface area contributed by atoms with Gasteiger partial charge in [-0.1, -0.05) is 0 Å². The zero-order valence-corrected chi connectivity index (χ0v) is 13.4.